The number of hydrogen-bond acceptors (Lipinski definition) is 4. The lowest BCUT2D eigenvalue weighted by Gasteiger charge is -2.30. The van der Waals surface area contributed by atoms with Gasteiger partial charge in [-0.15, -0.1) is 0 Å². The molecule has 1 aliphatic rings. The molecule has 0 bridgehead atoms. The molecule has 3 rings (SSSR count). The van der Waals surface area contributed by atoms with Crippen LogP contribution in [0.2, 0.25) is 5.02 Å². The van der Waals surface area contributed by atoms with Crippen molar-refractivity contribution in [2.45, 2.75) is 26.7 Å². The summed E-state index contributed by atoms with van der Waals surface area (Å²) in [5, 5.41) is 3.48. The van der Waals surface area contributed by atoms with E-state index < -0.39 is 0 Å². The van der Waals surface area contributed by atoms with Crippen molar-refractivity contribution in [1.29, 1.82) is 0 Å². The van der Waals surface area contributed by atoms with E-state index in [-0.39, 0.29) is 5.91 Å². The SMILES string of the molecule is Cc1c(Cl)cccc1NC(=O)c1cnc(N2CCCC(C)C2)nc1. The Labute approximate surface area is 147 Å². The maximum atomic E-state index is 12.4. The lowest BCUT2D eigenvalue weighted by molar-refractivity contribution is 0.102. The smallest absolute Gasteiger partial charge is 0.258 e. The van der Waals surface area contributed by atoms with E-state index in [1.807, 2.05) is 19.1 Å². The second kappa shape index (κ2) is 7.18. The molecule has 0 radical (unpaired) electrons. The summed E-state index contributed by atoms with van der Waals surface area (Å²) >= 11 is 6.08. The van der Waals surface area contributed by atoms with Crippen LogP contribution in [0.5, 0.6) is 0 Å². The van der Waals surface area contributed by atoms with Gasteiger partial charge in [-0.25, -0.2) is 9.97 Å². The Hall–Kier alpha value is -2.14. The monoisotopic (exact) mass is 344 g/mol. The summed E-state index contributed by atoms with van der Waals surface area (Å²) < 4.78 is 0. The number of hydrogen-bond donors (Lipinski definition) is 1. The van der Waals surface area contributed by atoms with Gasteiger partial charge in [0.05, 0.1) is 5.56 Å². The summed E-state index contributed by atoms with van der Waals surface area (Å²) in [6, 6.07) is 5.43. The Morgan fingerprint density at radius 2 is 2.08 bits per heavy atom. The van der Waals surface area contributed by atoms with E-state index in [1.165, 1.54) is 6.42 Å². The van der Waals surface area contributed by atoms with Crippen molar-refractivity contribution in [1.82, 2.24) is 9.97 Å². The van der Waals surface area contributed by atoms with Gasteiger partial charge in [0.25, 0.3) is 5.91 Å². The van der Waals surface area contributed by atoms with Gasteiger partial charge in [0.1, 0.15) is 0 Å². The normalized spacial score (nSPS) is 17.6. The van der Waals surface area contributed by atoms with Crippen LogP contribution in [-0.4, -0.2) is 29.0 Å². The summed E-state index contributed by atoms with van der Waals surface area (Å²) in [5.41, 5.74) is 1.97. The highest BCUT2D eigenvalue weighted by Gasteiger charge is 2.19. The summed E-state index contributed by atoms with van der Waals surface area (Å²) in [4.78, 5) is 23.3. The highest BCUT2D eigenvalue weighted by molar-refractivity contribution is 6.31. The number of nitrogens with zero attached hydrogens (tertiary/aromatic N) is 3. The van der Waals surface area contributed by atoms with Crippen molar-refractivity contribution in [2.75, 3.05) is 23.3 Å². The first-order chi connectivity index (χ1) is 11.5. The van der Waals surface area contributed by atoms with Crippen molar-refractivity contribution in [3.63, 3.8) is 0 Å². The molecule has 1 aromatic carbocycles. The number of nitrogens with one attached hydrogen (secondary N) is 1. The minimum absolute atomic E-state index is 0.237. The number of benzene rings is 1. The van der Waals surface area contributed by atoms with Gasteiger partial charge < -0.3 is 10.2 Å². The Balaban J connectivity index is 1.71. The lowest BCUT2D eigenvalue weighted by atomic mass is 10.0. The van der Waals surface area contributed by atoms with Gasteiger partial charge in [-0.3, -0.25) is 4.79 Å². The third-order valence-corrected chi connectivity index (χ3v) is 4.77. The largest absolute Gasteiger partial charge is 0.341 e. The number of carbonyl (C=O) groups excluding carboxylic acids is 1. The first-order valence-electron chi connectivity index (χ1n) is 8.18. The summed E-state index contributed by atoms with van der Waals surface area (Å²) in [6.45, 7) is 6.04. The maximum absolute atomic E-state index is 12.4. The zero-order valence-corrected chi connectivity index (χ0v) is 14.7. The van der Waals surface area contributed by atoms with E-state index >= 15 is 0 Å². The van der Waals surface area contributed by atoms with Crippen LogP contribution in [-0.2, 0) is 0 Å². The van der Waals surface area contributed by atoms with Crippen LogP contribution in [0.3, 0.4) is 0 Å². The molecule has 2 aromatic rings. The average Bonchev–Trinajstić information content (AvgIpc) is 2.59. The van der Waals surface area contributed by atoms with Crippen molar-refractivity contribution in [3.05, 3.63) is 46.7 Å². The van der Waals surface area contributed by atoms with Gasteiger partial charge >= 0.3 is 0 Å². The van der Waals surface area contributed by atoms with Gasteiger partial charge in [0, 0.05) is 36.2 Å². The van der Waals surface area contributed by atoms with Crippen molar-refractivity contribution in [2.24, 2.45) is 5.92 Å². The molecule has 0 spiro atoms. The molecule has 1 fully saturated rings. The van der Waals surface area contributed by atoms with Crippen LogP contribution in [0.15, 0.2) is 30.6 Å². The van der Waals surface area contributed by atoms with Gasteiger partial charge in [-0.1, -0.05) is 24.6 Å². The van der Waals surface area contributed by atoms with Gasteiger partial charge in [0.2, 0.25) is 5.95 Å². The van der Waals surface area contributed by atoms with E-state index in [4.69, 9.17) is 11.6 Å². The number of piperidine rings is 1. The molecular weight excluding hydrogens is 324 g/mol. The molecule has 126 valence electrons. The highest BCUT2D eigenvalue weighted by atomic mass is 35.5. The Kier molecular flexibility index (Phi) is 5.00. The Morgan fingerprint density at radius 3 is 2.79 bits per heavy atom. The van der Waals surface area contributed by atoms with Crippen molar-refractivity contribution >= 4 is 29.1 Å². The molecule has 1 atom stereocenters. The van der Waals surface area contributed by atoms with Gasteiger partial charge in [0.15, 0.2) is 0 Å². The molecular formula is C18H21ClN4O. The Bertz CT molecular complexity index is 732. The second-order valence-corrected chi connectivity index (χ2v) is 6.74. The number of halogens is 1. The minimum atomic E-state index is -0.237. The van der Waals surface area contributed by atoms with Crippen LogP contribution in [0.1, 0.15) is 35.7 Å². The minimum Gasteiger partial charge on any atom is -0.341 e. The molecule has 5 nitrogen and oxygen atoms in total. The van der Waals surface area contributed by atoms with Crippen LogP contribution >= 0.6 is 11.6 Å². The van der Waals surface area contributed by atoms with E-state index in [1.54, 1.807) is 18.5 Å². The van der Waals surface area contributed by atoms with E-state index in [9.17, 15) is 4.79 Å². The quantitative estimate of drug-likeness (QED) is 0.916. The molecule has 24 heavy (non-hydrogen) atoms. The number of aromatic nitrogens is 2. The number of anilines is 2. The maximum Gasteiger partial charge on any atom is 0.258 e. The fourth-order valence-electron chi connectivity index (χ4n) is 2.91. The molecule has 1 saturated heterocycles. The first-order valence-corrected chi connectivity index (χ1v) is 8.56. The molecule has 1 unspecified atom stereocenters. The van der Waals surface area contributed by atoms with Crippen LogP contribution in [0.4, 0.5) is 11.6 Å². The summed E-state index contributed by atoms with van der Waals surface area (Å²) in [6.07, 6.45) is 5.56. The van der Waals surface area contributed by atoms with Gasteiger partial charge in [-0.05, 0) is 43.4 Å². The van der Waals surface area contributed by atoms with E-state index in [0.29, 0.717) is 28.1 Å². The van der Waals surface area contributed by atoms with Crippen LogP contribution < -0.4 is 10.2 Å². The molecule has 1 aromatic heterocycles. The fraction of sp³-hybridized carbons (Fsp3) is 0.389. The summed E-state index contributed by atoms with van der Waals surface area (Å²) in [7, 11) is 0. The fourth-order valence-corrected chi connectivity index (χ4v) is 3.08. The zero-order valence-electron chi connectivity index (χ0n) is 13.9. The molecule has 1 amide bonds. The van der Waals surface area contributed by atoms with Crippen molar-refractivity contribution in [3.8, 4) is 0 Å². The molecule has 6 heteroatoms. The first kappa shape index (κ1) is 16.7. The molecule has 1 N–H and O–H groups in total. The number of carbonyl (C=O) groups is 1. The van der Waals surface area contributed by atoms with Crippen LogP contribution in [0, 0.1) is 12.8 Å². The lowest BCUT2D eigenvalue weighted by Crippen LogP contribution is -2.35. The predicted octanol–water partition coefficient (Wildman–Crippen LogP) is 3.93. The van der Waals surface area contributed by atoms with E-state index in [0.717, 1.165) is 25.1 Å². The topological polar surface area (TPSA) is 58.1 Å². The van der Waals surface area contributed by atoms with Crippen LogP contribution in [0.25, 0.3) is 0 Å². The third kappa shape index (κ3) is 3.67. The number of rotatable bonds is 3. The predicted molar refractivity (Wildman–Crippen MR) is 96.8 cm³/mol. The number of amides is 1. The third-order valence-electron chi connectivity index (χ3n) is 4.36. The molecule has 1 aliphatic heterocycles. The Morgan fingerprint density at radius 1 is 1.33 bits per heavy atom. The standard InChI is InChI=1S/C18H21ClN4O/c1-12-5-4-8-23(11-12)18-20-9-14(10-21-18)17(24)22-16-7-3-6-15(19)13(16)2/h3,6-7,9-10,12H,4-5,8,11H2,1-2H3,(H,22,24). The average molecular weight is 345 g/mol. The molecule has 0 aliphatic carbocycles. The second-order valence-electron chi connectivity index (χ2n) is 6.33. The molecule has 2 heterocycles. The van der Waals surface area contributed by atoms with Gasteiger partial charge in [-0.2, -0.15) is 0 Å². The van der Waals surface area contributed by atoms with E-state index in [2.05, 4.69) is 27.1 Å². The van der Waals surface area contributed by atoms with Crippen molar-refractivity contribution < 1.29 is 4.79 Å². The highest BCUT2D eigenvalue weighted by Crippen LogP contribution is 2.23. The summed E-state index contributed by atoms with van der Waals surface area (Å²) in [5.74, 6) is 1.10. The molecule has 0 saturated carbocycles. The zero-order chi connectivity index (χ0) is 17.1.